The van der Waals surface area contributed by atoms with Crippen molar-refractivity contribution in [2.45, 2.75) is 39.2 Å². The lowest BCUT2D eigenvalue weighted by atomic mass is 9.80. The number of hydrogen-bond acceptors (Lipinski definition) is 1. The van der Waals surface area contributed by atoms with E-state index < -0.39 is 0 Å². The van der Waals surface area contributed by atoms with Crippen molar-refractivity contribution in [3.8, 4) is 0 Å². The van der Waals surface area contributed by atoms with E-state index in [1.807, 2.05) is 30.5 Å². The summed E-state index contributed by atoms with van der Waals surface area (Å²) >= 11 is 0. The van der Waals surface area contributed by atoms with Crippen LogP contribution in [0.4, 0.5) is 0 Å². The maximum atomic E-state index is 12.5. The summed E-state index contributed by atoms with van der Waals surface area (Å²) in [6.07, 6.45) is 5.33. The first-order valence-corrected chi connectivity index (χ1v) is 7.52. The Labute approximate surface area is 119 Å². The highest BCUT2D eigenvalue weighted by Gasteiger charge is 2.27. The first-order chi connectivity index (χ1) is 9.65. The number of carbonyl (C=O) groups excluding carboxylic acids is 1. The first kappa shape index (κ1) is 13.2. The topological polar surface area (TPSA) is 44.9 Å². The molecule has 1 heterocycles. The number of rotatable bonds is 2. The van der Waals surface area contributed by atoms with Gasteiger partial charge in [-0.05, 0) is 37.2 Å². The Morgan fingerprint density at radius 3 is 2.85 bits per heavy atom. The van der Waals surface area contributed by atoms with Crippen molar-refractivity contribution in [2.24, 2.45) is 11.8 Å². The Morgan fingerprint density at radius 2 is 2.05 bits per heavy atom. The molecule has 0 aliphatic heterocycles. The summed E-state index contributed by atoms with van der Waals surface area (Å²) in [5.41, 5.74) is 1.77. The average molecular weight is 270 g/mol. The number of aromatic amines is 1. The molecular formula is C17H22N2O. The minimum Gasteiger partial charge on any atom is -0.360 e. The predicted octanol–water partition coefficient (Wildman–Crippen LogP) is 3.72. The van der Waals surface area contributed by atoms with Crippen LogP contribution in [0.5, 0.6) is 0 Å². The van der Waals surface area contributed by atoms with Gasteiger partial charge in [0.15, 0.2) is 0 Å². The van der Waals surface area contributed by atoms with E-state index in [1.54, 1.807) is 0 Å². The van der Waals surface area contributed by atoms with Gasteiger partial charge in [-0.2, -0.15) is 0 Å². The van der Waals surface area contributed by atoms with Gasteiger partial charge in [0.25, 0.3) is 5.91 Å². The van der Waals surface area contributed by atoms with Crippen LogP contribution in [0.25, 0.3) is 10.9 Å². The largest absolute Gasteiger partial charge is 0.360 e. The van der Waals surface area contributed by atoms with Crippen molar-refractivity contribution >= 4 is 16.8 Å². The zero-order chi connectivity index (χ0) is 14.1. The highest BCUT2D eigenvalue weighted by molar-refractivity contribution is 6.06. The normalized spacial score (nSPS) is 26.6. The Morgan fingerprint density at radius 1 is 1.25 bits per heavy atom. The molecule has 1 fully saturated rings. The van der Waals surface area contributed by atoms with E-state index in [0.29, 0.717) is 12.0 Å². The van der Waals surface area contributed by atoms with Crippen molar-refractivity contribution in [3.05, 3.63) is 36.0 Å². The fourth-order valence-electron chi connectivity index (χ4n) is 3.39. The molecule has 2 aromatic rings. The van der Waals surface area contributed by atoms with E-state index in [4.69, 9.17) is 0 Å². The highest BCUT2D eigenvalue weighted by Crippen LogP contribution is 2.29. The fraction of sp³-hybridized carbons (Fsp3) is 0.471. The van der Waals surface area contributed by atoms with Crippen molar-refractivity contribution < 1.29 is 4.79 Å². The monoisotopic (exact) mass is 270 g/mol. The van der Waals surface area contributed by atoms with Crippen LogP contribution in [0.3, 0.4) is 0 Å². The minimum absolute atomic E-state index is 0.0499. The number of hydrogen-bond donors (Lipinski definition) is 2. The maximum Gasteiger partial charge on any atom is 0.253 e. The summed E-state index contributed by atoms with van der Waals surface area (Å²) in [4.78, 5) is 15.6. The van der Waals surface area contributed by atoms with Crippen molar-refractivity contribution in [3.63, 3.8) is 0 Å². The second-order valence-corrected chi connectivity index (χ2v) is 6.22. The lowest BCUT2D eigenvalue weighted by Crippen LogP contribution is -2.42. The Kier molecular flexibility index (Phi) is 3.51. The number of H-pyrrole nitrogens is 1. The van der Waals surface area contributed by atoms with Crippen LogP contribution in [0.15, 0.2) is 30.5 Å². The summed E-state index contributed by atoms with van der Waals surface area (Å²) in [5, 5.41) is 4.23. The highest BCUT2D eigenvalue weighted by atomic mass is 16.1. The number of benzene rings is 1. The molecule has 0 radical (unpaired) electrons. The third kappa shape index (κ3) is 2.45. The second kappa shape index (κ2) is 5.31. The van der Waals surface area contributed by atoms with Gasteiger partial charge < -0.3 is 10.3 Å². The first-order valence-electron chi connectivity index (χ1n) is 7.52. The van der Waals surface area contributed by atoms with Crippen molar-refractivity contribution in [1.82, 2.24) is 10.3 Å². The van der Waals surface area contributed by atoms with Crippen LogP contribution >= 0.6 is 0 Å². The maximum absolute atomic E-state index is 12.5. The number of para-hydroxylation sites is 1. The Bertz CT molecular complexity index is 616. The smallest absolute Gasteiger partial charge is 0.253 e. The second-order valence-electron chi connectivity index (χ2n) is 6.22. The van der Waals surface area contributed by atoms with Crippen LogP contribution in [-0.2, 0) is 0 Å². The molecule has 3 heteroatoms. The molecule has 20 heavy (non-hydrogen) atoms. The molecule has 2 N–H and O–H groups in total. The quantitative estimate of drug-likeness (QED) is 0.858. The van der Waals surface area contributed by atoms with E-state index in [0.717, 1.165) is 28.8 Å². The van der Waals surface area contributed by atoms with Crippen molar-refractivity contribution in [2.75, 3.05) is 0 Å². The molecule has 0 bridgehead atoms. The summed E-state index contributed by atoms with van der Waals surface area (Å²) < 4.78 is 0. The van der Waals surface area contributed by atoms with Gasteiger partial charge in [-0.1, -0.05) is 32.0 Å². The fourth-order valence-corrected chi connectivity index (χ4v) is 3.39. The number of nitrogens with one attached hydrogen (secondary N) is 2. The Balaban J connectivity index is 1.76. The molecule has 1 aromatic carbocycles. The van der Waals surface area contributed by atoms with E-state index in [2.05, 4.69) is 24.1 Å². The lowest BCUT2D eigenvalue weighted by Gasteiger charge is -2.33. The predicted molar refractivity (Wildman–Crippen MR) is 81.7 cm³/mol. The molecule has 106 valence electrons. The summed E-state index contributed by atoms with van der Waals surface area (Å²) in [6, 6.07) is 8.25. The standard InChI is InChI=1S/C17H22N2O/c1-11-7-8-15(12(2)9-11)19-17(20)14-10-18-16-6-4-3-5-13(14)16/h3-6,10-12,15,18H,7-9H2,1-2H3,(H,19,20). The van der Waals surface area contributed by atoms with Crippen molar-refractivity contribution in [1.29, 1.82) is 0 Å². The van der Waals surface area contributed by atoms with Gasteiger partial charge in [-0.25, -0.2) is 0 Å². The van der Waals surface area contributed by atoms with Crippen LogP contribution in [-0.4, -0.2) is 16.9 Å². The zero-order valence-corrected chi connectivity index (χ0v) is 12.1. The summed E-state index contributed by atoms with van der Waals surface area (Å²) in [7, 11) is 0. The third-order valence-corrected chi connectivity index (χ3v) is 4.58. The van der Waals surface area contributed by atoms with E-state index in [-0.39, 0.29) is 5.91 Å². The zero-order valence-electron chi connectivity index (χ0n) is 12.1. The minimum atomic E-state index is 0.0499. The number of amides is 1. The van der Waals surface area contributed by atoms with Gasteiger partial charge in [0, 0.05) is 23.1 Å². The average Bonchev–Trinajstić information content (AvgIpc) is 2.86. The van der Waals surface area contributed by atoms with Gasteiger partial charge >= 0.3 is 0 Å². The molecule has 0 spiro atoms. The molecule has 1 saturated carbocycles. The van der Waals surface area contributed by atoms with Gasteiger partial charge in [0.1, 0.15) is 0 Å². The SMILES string of the molecule is CC1CCC(NC(=O)c2c[nH]c3ccccc23)C(C)C1. The molecule has 1 amide bonds. The number of aromatic nitrogens is 1. The van der Waals surface area contributed by atoms with Crippen LogP contribution in [0, 0.1) is 11.8 Å². The molecule has 1 aromatic heterocycles. The van der Waals surface area contributed by atoms with Crippen LogP contribution in [0.1, 0.15) is 43.5 Å². The van der Waals surface area contributed by atoms with E-state index >= 15 is 0 Å². The van der Waals surface area contributed by atoms with E-state index in [9.17, 15) is 4.79 Å². The van der Waals surface area contributed by atoms with Crippen LogP contribution in [0.2, 0.25) is 0 Å². The van der Waals surface area contributed by atoms with Gasteiger partial charge in [-0.15, -0.1) is 0 Å². The lowest BCUT2D eigenvalue weighted by molar-refractivity contribution is 0.0901. The number of carbonyl (C=O) groups is 1. The van der Waals surface area contributed by atoms with Gasteiger partial charge in [-0.3, -0.25) is 4.79 Å². The third-order valence-electron chi connectivity index (χ3n) is 4.58. The molecule has 3 atom stereocenters. The molecule has 1 aliphatic rings. The van der Waals surface area contributed by atoms with Gasteiger partial charge in [0.2, 0.25) is 0 Å². The number of fused-ring (bicyclic) bond motifs is 1. The molecule has 3 unspecified atom stereocenters. The molecule has 3 rings (SSSR count). The van der Waals surface area contributed by atoms with Crippen LogP contribution < -0.4 is 5.32 Å². The molecule has 1 aliphatic carbocycles. The molecular weight excluding hydrogens is 248 g/mol. The Hall–Kier alpha value is -1.77. The molecule has 3 nitrogen and oxygen atoms in total. The van der Waals surface area contributed by atoms with E-state index in [1.165, 1.54) is 12.8 Å². The van der Waals surface area contributed by atoms with Gasteiger partial charge in [0.05, 0.1) is 5.56 Å². The summed E-state index contributed by atoms with van der Waals surface area (Å²) in [6.45, 7) is 4.55. The molecule has 0 saturated heterocycles. The summed E-state index contributed by atoms with van der Waals surface area (Å²) in [5.74, 6) is 1.40.